The van der Waals surface area contributed by atoms with Crippen LogP contribution < -0.4 is 10.6 Å². The van der Waals surface area contributed by atoms with Crippen molar-refractivity contribution < 1.29 is 18.7 Å². The van der Waals surface area contributed by atoms with Gasteiger partial charge in [-0.1, -0.05) is 6.07 Å². The van der Waals surface area contributed by atoms with Crippen LogP contribution in [-0.2, 0) is 4.74 Å². The molecule has 1 aromatic carbocycles. The molecule has 0 spiro atoms. The zero-order valence-corrected chi connectivity index (χ0v) is 14.7. The minimum Gasteiger partial charge on any atom is -0.469 e. The van der Waals surface area contributed by atoms with Crippen molar-refractivity contribution in [1.29, 1.82) is 0 Å². The lowest BCUT2D eigenvalue weighted by molar-refractivity contribution is 0.0473. The summed E-state index contributed by atoms with van der Waals surface area (Å²) in [6, 6.07) is 8.56. The van der Waals surface area contributed by atoms with Gasteiger partial charge in [-0.15, -0.1) is 12.4 Å². The molecule has 0 aliphatic carbocycles. The highest BCUT2D eigenvalue weighted by Crippen LogP contribution is 2.16. The highest BCUT2D eigenvalue weighted by molar-refractivity contribution is 6.05. The van der Waals surface area contributed by atoms with E-state index >= 15 is 0 Å². The second-order valence-corrected chi connectivity index (χ2v) is 5.82. The van der Waals surface area contributed by atoms with Crippen molar-refractivity contribution >= 4 is 30.0 Å². The van der Waals surface area contributed by atoms with Gasteiger partial charge in [-0.25, -0.2) is 4.79 Å². The topological polar surface area (TPSA) is 80.6 Å². The van der Waals surface area contributed by atoms with Crippen LogP contribution in [0.5, 0.6) is 0 Å². The molecule has 134 valence electrons. The predicted octanol–water partition coefficient (Wildman–Crippen LogP) is 3.17. The molecule has 1 aliphatic heterocycles. The summed E-state index contributed by atoms with van der Waals surface area (Å²) in [5.74, 6) is -0.117. The minimum atomic E-state index is -0.390. The van der Waals surface area contributed by atoms with Gasteiger partial charge < -0.3 is 19.8 Å². The van der Waals surface area contributed by atoms with Crippen molar-refractivity contribution in [3.05, 3.63) is 53.5 Å². The number of nitrogens with one attached hydrogen (secondary N) is 2. The van der Waals surface area contributed by atoms with Crippen LogP contribution >= 0.6 is 12.4 Å². The number of aryl methyl sites for hydroxylation is 1. The fourth-order valence-corrected chi connectivity index (χ4v) is 2.70. The normalized spacial score (nSPS) is 16.1. The van der Waals surface area contributed by atoms with Crippen molar-refractivity contribution in [2.45, 2.75) is 25.8 Å². The van der Waals surface area contributed by atoms with E-state index in [1.807, 2.05) is 0 Å². The zero-order chi connectivity index (χ0) is 16.9. The molecule has 3 rings (SSSR count). The summed E-state index contributed by atoms with van der Waals surface area (Å²) in [5, 5.41) is 6.04. The van der Waals surface area contributed by atoms with E-state index in [0.29, 0.717) is 29.2 Å². The molecule has 0 bridgehead atoms. The van der Waals surface area contributed by atoms with Crippen LogP contribution in [0.3, 0.4) is 0 Å². The maximum atomic E-state index is 12.2. The van der Waals surface area contributed by atoms with Crippen LogP contribution in [0.4, 0.5) is 5.69 Å². The van der Waals surface area contributed by atoms with Crippen molar-refractivity contribution in [3.63, 3.8) is 0 Å². The molecule has 1 unspecified atom stereocenters. The molecule has 1 atom stereocenters. The second-order valence-electron chi connectivity index (χ2n) is 5.82. The maximum Gasteiger partial charge on any atom is 0.338 e. The van der Waals surface area contributed by atoms with Crippen LogP contribution in [0, 0.1) is 6.92 Å². The third-order valence-corrected chi connectivity index (χ3v) is 4.04. The maximum absolute atomic E-state index is 12.2. The zero-order valence-electron chi connectivity index (χ0n) is 13.9. The quantitative estimate of drug-likeness (QED) is 0.796. The highest BCUT2D eigenvalue weighted by Gasteiger charge is 2.17. The Balaban J connectivity index is 0.00000225. The van der Waals surface area contributed by atoms with Gasteiger partial charge in [0.15, 0.2) is 0 Å². The number of carbonyl (C=O) groups is 2. The highest BCUT2D eigenvalue weighted by atomic mass is 35.5. The molecule has 2 aromatic rings. The number of benzene rings is 1. The van der Waals surface area contributed by atoms with Gasteiger partial charge >= 0.3 is 5.97 Å². The fraction of sp³-hybridized carbons (Fsp3) is 0.333. The van der Waals surface area contributed by atoms with Crippen molar-refractivity contribution in [2.75, 3.05) is 18.5 Å². The van der Waals surface area contributed by atoms with E-state index in [0.717, 1.165) is 19.4 Å². The largest absolute Gasteiger partial charge is 0.469 e. The Kier molecular flexibility index (Phi) is 6.61. The first kappa shape index (κ1) is 19.0. The number of halogens is 1. The van der Waals surface area contributed by atoms with Gasteiger partial charge in [0.2, 0.25) is 0 Å². The molecular weight excluding hydrogens is 344 g/mol. The smallest absolute Gasteiger partial charge is 0.338 e. The van der Waals surface area contributed by atoms with E-state index in [4.69, 9.17) is 9.15 Å². The molecule has 1 fully saturated rings. The number of carbonyl (C=O) groups excluding carboxylic acids is 2. The number of rotatable bonds is 5. The number of esters is 1. The summed E-state index contributed by atoms with van der Waals surface area (Å²) in [6.07, 6.45) is 3.60. The van der Waals surface area contributed by atoms with E-state index in [-0.39, 0.29) is 30.3 Å². The summed E-state index contributed by atoms with van der Waals surface area (Å²) >= 11 is 0. The third-order valence-electron chi connectivity index (χ3n) is 4.04. The Hall–Kier alpha value is -2.31. The molecule has 1 aliphatic rings. The molecule has 7 heteroatoms. The second kappa shape index (κ2) is 8.69. The number of furan rings is 1. The molecule has 2 N–H and O–H groups in total. The van der Waals surface area contributed by atoms with Gasteiger partial charge in [0.1, 0.15) is 12.4 Å². The van der Waals surface area contributed by atoms with Crippen molar-refractivity contribution in [3.8, 4) is 0 Å². The number of ether oxygens (including phenoxy) is 1. The number of anilines is 1. The number of hydrogen-bond donors (Lipinski definition) is 2. The lowest BCUT2D eigenvalue weighted by atomic mass is 10.2. The van der Waals surface area contributed by atoms with E-state index < -0.39 is 0 Å². The van der Waals surface area contributed by atoms with E-state index in [9.17, 15) is 9.59 Å². The van der Waals surface area contributed by atoms with Crippen LogP contribution in [0.2, 0.25) is 0 Å². The van der Waals surface area contributed by atoms with Gasteiger partial charge in [-0.3, -0.25) is 4.79 Å². The molecular formula is C18H21ClN2O4. The first-order chi connectivity index (χ1) is 11.6. The fourth-order valence-electron chi connectivity index (χ4n) is 2.70. The molecule has 1 amide bonds. The Morgan fingerprint density at radius 1 is 1.36 bits per heavy atom. The third kappa shape index (κ3) is 4.84. The molecule has 6 nitrogen and oxygen atoms in total. The monoisotopic (exact) mass is 364 g/mol. The summed E-state index contributed by atoms with van der Waals surface area (Å²) in [5.41, 5.74) is 1.42. The Labute approximate surface area is 152 Å². The SMILES string of the molecule is Cc1occc1C(=O)Nc1cccc(C(=O)OCC2CCCN2)c1.Cl. The molecule has 25 heavy (non-hydrogen) atoms. The van der Waals surface area contributed by atoms with Gasteiger partial charge in [-0.05, 0) is 50.6 Å². The van der Waals surface area contributed by atoms with E-state index in [1.165, 1.54) is 6.26 Å². The predicted molar refractivity (Wildman–Crippen MR) is 96.4 cm³/mol. The molecule has 0 saturated carbocycles. The molecule has 1 aromatic heterocycles. The number of hydrogen-bond acceptors (Lipinski definition) is 5. The first-order valence-electron chi connectivity index (χ1n) is 7.99. The molecule has 2 heterocycles. The van der Waals surface area contributed by atoms with Gasteiger partial charge in [-0.2, -0.15) is 0 Å². The summed E-state index contributed by atoms with van der Waals surface area (Å²) in [4.78, 5) is 24.3. The lowest BCUT2D eigenvalue weighted by Crippen LogP contribution is -2.28. The summed E-state index contributed by atoms with van der Waals surface area (Å²) < 4.78 is 10.5. The average Bonchev–Trinajstić information content (AvgIpc) is 3.24. The Bertz CT molecular complexity index is 738. The average molecular weight is 365 g/mol. The van der Waals surface area contributed by atoms with Crippen LogP contribution in [-0.4, -0.2) is 31.1 Å². The van der Waals surface area contributed by atoms with Crippen LogP contribution in [0.25, 0.3) is 0 Å². The van der Waals surface area contributed by atoms with E-state index in [2.05, 4.69) is 10.6 Å². The van der Waals surface area contributed by atoms with Gasteiger partial charge in [0.25, 0.3) is 5.91 Å². The van der Waals surface area contributed by atoms with Crippen LogP contribution in [0.15, 0.2) is 41.0 Å². The van der Waals surface area contributed by atoms with Gasteiger partial charge in [0.05, 0.1) is 17.4 Å². The summed E-state index contributed by atoms with van der Waals surface area (Å²) in [7, 11) is 0. The number of amides is 1. The minimum absolute atomic E-state index is 0. The Morgan fingerprint density at radius 2 is 2.20 bits per heavy atom. The standard InChI is InChI=1S/C18H20N2O4.ClH/c1-12-16(7-9-23-12)17(21)20-14-5-2-4-13(10-14)18(22)24-11-15-6-3-8-19-15;/h2,4-5,7,9-10,15,19H,3,6,8,11H2,1H3,(H,20,21);1H. The van der Waals surface area contributed by atoms with E-state index in [1.54, 1.807) is 37.3 Å². The molecule has 1 saturated heterocycles. The summed E-state index contributed by atoms with van der Waals surface area (Å²) in [6.45, 7) is 3.06. The van der Waals surface area contributed by atoms with Crippen LogP contribution in [0.1, 0.15) is 39.3 Å². The molecule has 0 radical (unpaired) electrons. The first-order valence-corrected chi connectivity index (χ1v) is 7.99. The van der Waals surface area contributed by atoms with Crippen molar-refractivity contribution in [2.24, 2.45) is 0 Å². The Morgan fingerprint density at radius 3 is 2.88 bits per heavy atom. The van der Waals surface area contributed by atoms with Crippen molar-refractivity contribution in [1.82, 2.24) is 5.32 Å². The van der Waals surface area contributed by atoms with Gasteiger partial charge in [0, 0.05) is 11.7 Å². The lowest BCUT2D eigenvalue weighted by Gasteiger charge is -2.11.